The Kier molecular flexibility index (Phi) is 5.15. The molecule has 1 aromatic carbocycles. The Bertz CT molecular complexity index is 276. The number of hydrogen-bond donors (Lipinski definition) is 0. The van der Waals surface area contributed by atoms with Crippen LogP contribution >= 0.6 is 15.9 Å². The minimum atomic E-state index is 0.0686. The maximum absolute atomic E-state index is 5.48. The molecule has 0 amide bonds. The van der Waals surface area contributed by atoms with Gasteiger partial charge in [-0.15, -0.1) is 0 Å². The highest BCUT2D eigenvalue weighted by Crippen LogP contribution is 2.20. The van der Waals surface area contributed by atoms with Crippen molar-refractivity contribution < 1.29 is 9.47 Å². The Morgan fingerprint density at radius 1 is 1.43 bits per heavy atom. The molecule has 0 radical (unpaired) electrons. The molecule has 0 aliphatic rings. The van der Waals surface area contributed by atoms with Crippen LogP contribution in [0.1, 0.15) is 25.5 Å². The molecule has 78 valence electrons. The fourth-order valence-electron chi connectivity index (χ4n) is 1.09. The maximum Gasteiger partial charge on any atom is 0.147 e. The Balaban J connectivity index is 2.47. The highest BCUT2D eigenvalue weighted by atomic mass is 79.9. The van der Waals surface area contributed by atoms with Crippen LogP contribution in [0.15, 0.2) is 28.7 Å². The molecule has 2 nitrogen and oxygen atoms in total. The first-order valence-electron chi connectivity index (χ1n) is 4.69. The summed E-state index contributed by atoms with van der Waals surface area (Å²) in [4.78, 5) is 0. The minimum Gasteiger partial charge on any atom is -0.356 e. The van der Waals surface area contributed by atoms with Gasteiger partial charge < -0.3 is 9.47 Å². The summed E-state index contributed by atoms with van der Waals surface area (Å²) in [5.74, 6) is 0. The summed E-state index contributed by atoms with van der Waals surface area (Å²) in [5, 5.41) is 0. The third-order valence-electron chi connectivity index (χ3n) is 1.92. The summed E-state index contributed by atoms with van der Waals surface area (Å²) in [7, 11) is 0. The van der Waals surface area contributed by atoms with Crippen LogP contribution < -0.4 is 0 Å². The monoisotopic (exact) mass is 258 g/mol. The summed E-state index contributed by atoms with van der Waals surface area (Å²) in [5.41, 5.74) is 1.15. The lowest BCUT2D eigenvalue weighted by Gasteiger charge is -2.13. The molecule has 3 heteroatoms. The summed E-state index contributed by atoms with van der Waals surface area (Å²) in [6.07, 6.45) is 0.0686. The quantitative estimate of drug-likeness (QED) is 0.595. The molecule has 0 spiro atoms. The molecule has 0 aliphatic heterocycles. The molecule has 0 fully saturated rings. The molecule has 0 saturated carbocycles. The highest BCUT2D eigenvalue weighted by molar-refractivity contribution is 9.10. The zero-order valence-electron chi connectivity index (χ0n) is 8.50. The second-order valence-electron chi connectivity index (χ2n) is 2.97. The molecular weight excluding hydrogens is 244 g/mol. The zero-order chi connectivity index (χ0) is 10.4. The third kappa shape index (κ3) is 3.78. The molecule has 0 unspecified atom stereocenters. The van der Waals surface area contributed by atoms with Crippen LogP contribution in [0.25, 0.3) is 0 Å². The van der Waals surface area contributed by atoms with Gasteiger partial charge in [0.15, 0.2) is 0 Å². The topological polar surface area (TPSA) is 18.5 Å². The van der Waals surface area contributed by atoms with Gasteiger partial charge in [0, 0.05) is 11.1 Å². The van der Waals surface area contributed by atoms with E-state index < -0.39 is 0 Å². The predicted molar refractivity (Wildman–Crippen MR) is 60.1 cm³/mol. The molecule has 0 heterocycles. The van der Waals surface area contributed by atoms with Crippen LogP contribution in [0.5, 0.6) is 0 Å². The van der Waals surface area contributed by atoms with Crippen molar-refractivity contribution in [2.75, 3.05) is 13.4 Å². The second-order valence-corrected chi connectivity index (χ2v) is 3.89. The fourth-order valence-corrected chi connectivity index (χ4v) is 1.51. The number of benzene rings is 1. The summed E-state index contributed by atoms with van der Waals surface area (Å²) < 4.78 is 11.7. The van der Waals surface area contributed by atoms with Gasteiger partial charge in [-0.25, -0.2) is 0 Å². The largest absolute Gasteiger partial charge is 0.356 e. The normalized spacial score (nSPS) is 12.8. The minimum absolute atomic E-state index is 0.0686. The van der Waals surface area contributed by atoms with Crippen LogP contribution in [0.3, 0.4) is 0 Å². The lowest BCUT2D eigenvalue weighted by molar-refractivity contribution is -0.0818. The van der Waals surface area contributed by atoms with Crippen molar-refractivity contribution in [2.24, 2.45) is 0 Å². The summed E-state index contributed by atoms with van der Waals surface area (Å²) in [6.45, 7) is 5.00. The van der Waals surface area contributed by atoms with Gasteiger partial charge in [0.2, 0.25) is 0 Å². The van der Waals surface area contributed by atoms with E-state index in [0.29, 0.717) is 13.4 Å². The van der Waals surface area contributed by atoms with Crippen molar-refractivity contribution in [1.82, 2.24) is 0 Å². The zero-order valence-corrected chi connectivity index (χ0v) is 10.1. The van der Waals surface area contributed by atoms with Gasteiger partial charge in [0.25, 0.3) is 0 Å². The van der Waals surface area contributed by atoms with Crippen molar-refractivity contribution in [3.05, 3.63) is 34.3 Å². The number of halogens is 1. The Morgan fingerprint density at radius 3 is 2.86 bits per heavy atom. The van der Waals surface area contributed by atoms with Gasteiger partial charge in [0.05, 0.1) is 6.10 Å². The van der Waals surface area contributed by atoms with E-state index in [1.807, 2.05) is 32.0 Å². The Labute approximate surface area is 93.4 Å². The van der Waals surface area contributed by atoms with Gasteiger partial charge in [-0.2, -0.15) is 0 Å². The molecule has 1 rings (SSSR count). The molecule has 0 bridgehead atoms. The molecule has 0 saturated heterocycles. The van der Waals surface area contributed by atoms with Gasteiger partial charge in [-0.05, 0) is 31.5 Å². The van der Waals surface area contributed by atoms with E-state index in [9.17, 15) is 0 Å². The first-order valence-corrected chi connectivity index (χ1v) is 5.48. The number of rotatable bonds is 5. The first kappa shape index (κ1) is 11.7. The van der Waals surface area contributed by atoms with E-state index in [4.69, 9.17) is 9.47 Å². The first-order chi connectivity index (χ1) is 6.74. The second kappa shape index (κ2) is 6.17. The van der Waals surface area contributed by atoms with Crippen LogP contribution in [-0.4, -0.2) is 13.4 Å². The summed E-state index contributed by atoms with van der Waals surface area (Å²) >= 11 is 3.43. The number of hydrogen-bond acceptors (Lipinski definition) is 2. The average Bonchev–Trinajstić information content (AvgIpc) is 2.18. The van der Waals surface area contributed by atoms with Gasteiger partial charge >= 0.3 is 0 Å². The van der Waals surface area contributed by atoms with Crippen molar-refractivity contribution in [3.8, 4) is 0 Å². The standard InChI is InChI=1S/C11H15BrO2/c1-3-13-8-14-9(2)10-5-4-6-11(12)7-10/h4-7,9H,3,8H2,1-2H3/t9-/m1/s1. The predicted octanol–water partition coefficient (Wildman–Crippen LogP) is 3.52. The Hall–Kier alpha value is -0.380. The van der Waals surface area contributed by atoms with Crippen LogP contribution in [0.4, 0.5) is 0 Å². The summed E-state index contributed by atoms with van der Waals surface area (Å²) in [6, 6.07) is 8.09. The molecule has 1 atom stereocenters. The van der Waals surface area contributed by atoms with E-state index >= 15 is 0 Å². The lowest BCUT2D eigenvalue weighted by Crippen LogP contribution is -2.04. The lowest BCUT2D eigenvalue weighted by atomic mass is 10.1. The van der Waals surface area contributed by atoms with Crippen molar-refractivity contribution in [2.45, 2.75) is 20.0 Å². The smallest absolute Gasteiger partial charge is 0.147 e. The van der Waals surface area contributed by atoms with Gasteiger partial charge in [-0.1, -0.05) is 28.1 Å². The fraction of sp³-hybridized carbons (Fsp3) is 0.455. The van der Waals surface area contributed by atoms with Crippen molar-refractivity contribution in [1.29, 1.82) is 0 Å². The van der Waals surface area contributed by atoms with E-state index in [2.05, 4.69) is 22.0 Å². The molecule has 14 heavy (non-hydrogen) atoms. The van der Waals surface area contributed by atoms with E-state index in [-0.39, 0.29) is 6.10 Å². The molecule has 0 aliphatic carbocycles. The molecule has 0 N–H and O–H groups in total. The van der Waals surface area contributed by atoms with Gasteiger partial charge in [-0.3, -0.25) is 0 Å². The van der Waals surface area contributed by atoms with Crippen molar-refractivity contribution >= 4 is 15.9 Å². The SMILES string of the molecule is CCOCO[C@H](C)c1cccc(Br)c1. The molecule has 1 aromatic rings. The van der Waals surface area contributed by atoms with E-state index in [1.165, 1.54) is 0 Å². The molecule has 0 aromatic heterocycles. The van der Waals surface area contributed by atoms with Crippen LogP contribution in [-0.2, 0) is 9.47 Å². The third-order valence-corrected chi connectivity index (χ3v) is 2.42. The highest BCUT2D eigenvalue weighted by Gasteiger charge is 2.05. The van der Waals surface area contributed by atoms with E-state index in [1.54, 1.807) is 0 Å². The number of ether oxygens (including phenoxy) is 2. The van der Waals surface area contributed by atoms with E-state index in [0.717, 1.165) is 10.0 Å². The molecular formula is C11H15BrO2. The average molecular weight is 259 g/mol. The Morgan fingerprint density at radius 2 is 2.21 bits per heavy atom. The van der Waals surface area contributed by atoms with Crippen LogP contribution in [0.2, 0.25) is 0 Å². The van der Waals surface area contributed by atoms with Crippen molar-refractivity contribution in [3.63, 3.8) is 0 Å². The maximum atomic E-state index is 5.48. The van der Waals surface area contributed by atoms with Crippen LogP contribution in [0, 0.1) is 0 Å². The van der Waals surface area contributed by atoms with Gasteiger partial charge in [0.1, 0.15) is 6.79 Å².